The normalized spacial score (nSPS) is 10.0. The smallest absolute Gasteiger partial charge is 0.325 e. The van der Waals surface area contributed by atoms with Crippen molar-refractivity contribution < 1.29 is 18.7 Å². The Morgan fingerprint density at radius 3 is 2.79 bits per heavy atom. The third-order valence-corrected chi connectivity index (χ3v) is 3.21. The van der Waals surface area contributed by atoms with Crippen LogP contribution in [0.1, 0.15) is 13.3 Å². The average molecular weight is 285 g/mol. The summed E-state index contributed by atoms with van der Waals surface area (Å²) in [5.41, 5.74) is 0. The molecule has 1 amide bonds. The summed E-state index contributed by atoms with van der Waals surface area (Å²) in [6.45, 7) is 1.86. The number of nitrogens with one attached hydrogen (secondary N) is 1. The van der Waals surface area contributed by atoms with Gasteiger partial charge in [-0.15, -0.1) is 11.8 Å². The Morgan fingerprint density at radius 1 is 1.37 bits per heavy atom. The van der Waals surface area contributed by atoms with E-state index < -0.39 is 5.97 Å². The van der Waals surface area contributed by atoms with E-state index in [9.17, 15) is 14.0 Å². The van der Waals surface area contributed by atoms with Gasteiger partial charge in [-0.25, -0.2) is 4.39 Å². The summed E-state index contributed by atoms with van der Waals surface area (Å²) < 4.78 is 17.9. The van der Waals surface area contributed by atoms with E-state index in [1.54, 1.807) is 25.1 Å². The van der Waals surface area contributed by atoms with Gasteiger partial charge in [-0.2, -0.15) is 0 Å². The van der Waals surface area contributed by atoms with Crippen LogP contribution in [-0.2, 0) is 14.3 Å². The van der Waals surface area contributed by atoms with E-state index >= 15 is 0 Å². The lowest BCUT2D eigenvalue weighted by molar-refractivity contribution is -0.143. The molecule has 0 heterocycles. The number of halogens is 1. The van der Waals surface area contributed by atoms with Crippen molar-refractivity contribution in [2.75, 3.05) is 18.9 Å². The highest BCUT2D eigenvalue weighted by Crippen LogP contribution is 2.21. The number of hydrogen-bond donors (Lipinski definition) is 1. The maximum absolute atomic E-state index is 13.3. The summed E-state index contributed by atoms with van der Waals surface area (Å²) in [5.74, 6) is -0.552. The minimum Gasteiger partial charge on any atom is -0.465 e. The first-order valence-corrected chi connectivity index (χ1v) is 6.91. The largest absolute Gasteiger partial charge is 0.465 e. The highest BCUT2D eigenvalue weighted by atomic mass is 32.2. The first-order valence-electron chi connectivity index (χ1n) is 5.93. The first-order chi connectivity index (χ1) is 9.13. The van der Waals surface area contributed by atoms with E-state index in [-0.39, 0.29) is 31.3 Å². The SMILES string of the molecule is CCOC(=O)CNC(=O)CCSc1ccccc1F. The van der Waals surface area contributed by atoms with Crippen LogP contribution in [-0.4, -0.2) is 30.8 Å². The Kier molecular flexibility index (Phi) is 6.95. The maximum Gasteiger partial charge on any atom is 0.325 e. The van der Waals surface area contributed by atoms with Crippen LogP contribution in [0.2, 0.25) is 0 Å². The molecule has 0 saturated carbocycles. The summed E-state index contributed by atoms with van der Waals surface area (Å²) in [6.07, 6.45) is 0.221. The second-order valence-electron chi connectivity index (χ2n) is 3.61. The van der Waals surface area contributed by atoms with E-state index in [0.29, 0.717) is 10.6 Å². The molecule has 4 nitrogen and oxygen atoms in total. The summed E-state index contributed by atoms with van der Waals surface area (Å²) >= 11 is 1.27. The van der Waals surface area contributed by atoms with Gasteiger partial charge in [0.25, 0.3) is 0 Å². The van der Waals surface area contributed by atoms with Crippen LogP contribution in [0.15, 0.2) is 29.2 Å². The Hall–Kier alpha value is -1.56. The van der Waals surface area contributed by atoms with Crippen molar-refractivity contribution in [1.82, 2.24) is 5.32 Å². The monoisotopic (exact) mass is 285 g/mol. The third-order valence-electron chi connectivity index (χ3n) is 2.16. The predicted molar refractivity (Wildman–Crippen MR) is 71.4 cm³/mol. The summed E-state index contributed by atoms with van der Waals surface area (Å²) in [5, 5.41) is 2.45. The molecule has 0 unspecified atom stereocenters. The molecule has 0 saturated heterocycles. The first kappa shape index (κ1) is 15.5. The number of thioether (sulfide) groups is 1. The molecule has 6 heteroatoms. The van der Waals surface area contributed by atoms with Crippen molar-refractivity contribution in [2.45, 2.75) is 18.2 Å². The highest BCUT2D eigenvalue weighted by molar-refractivity contribution is 7.99. The van der Waals surface area contributed by atoms with Gasteiger partial charge in [0.15, 0.2) is 0 Å². The van der Waals surface area contributed by atoms with Gasteiger partial charge in [-0.05, 0) is 19.1 Å². The Labute approximate surface area is 115 Å². The van der Waals surface area contributed by atoms with Crippen molar-refractivity contribution in [3.63, 3.8) is 0 Å². The average Bonchev–Trinajstić information content (AvgIpc) is 2.39. The molecular weight excluding hydrogens is 269 g/mol. The fraction of sp³-hybridized carbons (Fsp3) is 0.385. The van der Waals surface area contributed by atoms with Gasteiger partial charge in [-0.3, -0.25) is 9.59 Å². The summed E-state index contributed by atoms with van der Waals surface area (Å²) in [6, 6.07) is 6.40. The Morgan fingerprint density at radius 2 is 2.11 bits per heavy atom. The highest BCUT2D eigenvalue weighted by Gasteiger charge is 2.07. The molecule has 0 spiro atoms. The molecule has 0 fully saturated rings. The minimum absolute atomic E-state index is 0.128. The van der Waals surface area contributed by atoms with Crippen molar-refractivity contribution in [2.24, 2.45) is 0 Å². The molecule has 104 valence electrons. The lowest BCUT2D eigenvalue weighted by Gasteiger charge is -2.05. The van der Waals surface area contributed by atoms with Crippen molar-refractivity contribution >= 4 is 23.6 Å². The second-order valence-corrected chi connectivity index (χ2v) is 4.75. The van der Waals surface area contributed by atoms with E-state index in [0.717, 1.165) is 0 Å². The minimum atomic E-state index is -0.461. The molecule has 0 aliphatic rings. The van der Waals surface area contributed by atoms with Gasteiger partial charge in [0.1, 0.15) is 12.4 Å². The van der Waals surface area contributed by atoms with Gasteiger partial charge in [-0.1, -0.05) is 12.1 Å². The molecular formula is C13H16FNO3S. The van der Waals surface area contributed by atoms with E-state index in [1.807, 2.05) is 0 Å². The third kappa shape index (κ3) is 6.24. The number of carbonyl (C=O) groups is 2. The van der Waals surface area contributed by atoms with E-state index in [2.05, 4.69) is 10.1 Å². The molecule has 19 heavy (non-hydrogen) atoms. The molecule has 0 aliphatic carbocycles. The van der Waals surface area contributed by atoms with Crippen LogP contribution in [0.4, 0.5) is 4.39 Å². The van der Waals surface area contributed by atoms with Gasteiger partial charge in [0, 0.05) is 17.1 Å². The molecule has 1 aromatic carbocycles. The van der Waals surface area contributed by atoms with E-state index in [4.69, 9.17) is 0 Å². The van der Waals surface area contributed by atoms with Crippen molar-refractivity contribution in [3.8, 4) is 0 Å². The molecule has 0 aromatic heterocycles. The number of amides is 1. The lowest BCUT2D eigenvalue weighted by atomic mass is 10.3. The number of esters is 1. The number of ether oxygens (including phenoxy) is 1. The summed E-state index contributed by atoms with van der Waals surface area (Å²) in [4.78, 5) is 22.9. The number of rotatable bonds is 7. The van der Waals surface area contributed by atoms with E-state index in [1.165, 1.54) is 17.8 Å². The fourth-order valence-electron chi connectivity index (χ4n) is 1.29. The quantitative estimate of drug-likeness (QED) is 0.615. The van der Waals surface area contributed by atoms with Crippen molar-refractivity contribution in [1.29, 1.82) is 0 Å². The molecule has 0 radical (unpaired) electrons. The van der Waals surface area contributed by atoms with Crippen LogP contribution in [0.5, 0.6) is 0 Å². The van der Waals surface area contributed by atoms with Crippen LogP contribution in [0, 0.1) is 5.82 Å². The molecule has 1 N–H and O–H groups in total. The zero-order valence-corrected chi connectivity index (χ0v) is 11.5. The number of carbonyl (C=O) groups excluding carboxylic acids is 2. The topological polar surface area (TPSA) is 55.4 Å². The van der Waals surface area contributed by atoms with Crippen LogP contribution in [0.3, 0.4) is 0 Å². The number of benzene rings is 1. The maximum atomic E-state index is 13.3. The Bertz CT molecular complexity index is 440. The molecule has 0 bridgehead atoms. The zero-order chi connectivity index (χ0) is 14.1. The molecule has 1 aromatic rings. The van der Waals surface area contributed by atoms with Crippen LogP contribution >= 0.6 is 11.8 Å². The zero-order valence-electron chi connectivity index (χ0n) is 10.6. The molecule has 1 rings (SSSR count). The standard InChI is InChI=1S/C13H16FNO3S/c1-2-18-13(17)9-15-12(16)7-8-19-11-6-4-3-5-10(11)14/h3-6H,2,7-9H2,1H3,(H,15,16). The van der Waals surface area contributed by atoms with Gasteiger partial charge in [0.2, 0.25) is 5.91 Å². The van der Waals surface area contributed by atoms with Gasteiger partial charge >= 0.3 is 5.97 Å². The fourth-order valence-corrected chi connectivity index (χ4v) is 2.17. The molecule has 0 aliphatic heterocycles. The van der Waals surface area contributed by atoms with Gasteiger partial charge in [0.05, 0.1) is 6.61 Å². The van der Waals surface area contributed by atoms with Crippen molar-refractivity contribution in [3.05, 3.63) is 30.1 Å². The van der Waals surface area contributed by atoms with Crippen LogP contribution in [0.25, 0.3) is 0 Å². The second kappa shape index (κ2) is 8.53. The van der Waals surface area contributed by atoms with Crippen LogP contribution < -0.4 is 5.32 Å². The Balaban J connectivity index is 2.21. The summed E-state index contributed by atoms with van der Waals surface area (Å²) in [7, 11) is 0. The number of hydrogen-bond acceptors (Lipinski definition) is 4. The predicted octanol–water partition coefficient (Wildman–Crippen LogP) is 1.99. The lowest BCUT2D eigenvalue weighted by Crippen LogP contribution is -2.30. The molecule has 0 atom stereocenters. The van der Waals surface area contributed by atoms with Gasteiger partial charge < -0.3 is 10.1 Å².